The lowest BCUT2D eigenvalue weighted by Gasteiger charge is -2.13. The third-order valence-corrected chi connectivity index (χ3v) is 4.17. The van der Waals surface area contributed by atoms with Gasteiger partial charge in [-0.05, 0) is 38.9 Å². The van der Waals surface area contributed by atoms with Crippen molar-refractivity contribution >= 4 is 16.9 Å². The minimum atomic E-state index is 0.137. The van der Waals surface area contributed by atoms with Gasteiger partial charge >= 0.3 is 0 Å². The number of nitrogens with one attached hydrogen (secondary N) is 2. The largest absolute Gasteiger partial charge is 0.491 e. The van der Waals surface area contributed by atoms with Crippen LogP contribution in [-0.2, 0) is 0 Å². The van der Waals surface area contributed by atoms with Gasteiger partial charge in [0.05, 0.1) is 29.5 Å². The highest BCUT2D eigenvalue weighted by atomic mass is 16.5. The Labute approximate surface area is 146 Å². The van der Waals surface area contributed by atoms with E-state index in [1.165, 1.54) is 0 Å². The first-order valence-corrected chi connectivity index (χ1v) is 8.62. The van der Waals surface area contributed by atoms with Gasteiger partial charge in [0, 0.05) is 18.7 Å². The van der Waals surface area contributed by atoms with Gasteiger partial charge in [0.2, 0.25) is 0 Å². The standard InChI is InChI=1S/C18H22N6O/c1-12(2)25-14-3-4-16-15(7-14)21-11-24(16)18-10-20-9-17(23-18)22-13-5-6-19-8-13/h3-4,7,9-13,19H,5-6,8H2,1-2H3,(H,22,23)/t13-/m1/s1. The van der Waals surface area contributed by atoms with Crippen LogP contribution in [0.15, 0.2) is 36.9 Å². The van der Waals surface area contributed by atoms with E-state index in [0.717, 1.165) is 47.9 Å². The molecule has 3 heterocycles. The van der Waals surface area contributed by atoms with Crippen LogP contribution >= 0.6 is 0 Å². The number of imidazole rings is 1. The average molecular weight is 338 g/mol. The molecule has 0 saturated carbocycles. The fourth-order valence-electron chi connectivity index (χ4n) is 3.05. The Hall–Kier alpha value is -2.67. The maximum Gasteiger partial charge on any atom is 0.159 e. The van der Waals surface area contributed by atoms with E-state index in [-0.39, 0.29) is 6.10 Å². The summed E-state index contributed by atoms with van der Waals surface area (Å²) >= 11 is 0. The minimum absolute atomic E-state index is 0.137. The number of hydrogen-bond donors (Lipinski definition) is 2. The molecule has 1 aromatic carbocycles. The number of aromatic nitrogens is 4. The Morgan fingerprint density at radius 3 is 3.04 bits per heavy atom. The van der Waals surface area contributed by atoms with E-state index >= 15 is 0 Å². The molecule has 3 aromatic rings. The van der Waals surface area contributed by atoms with Crippen LogP contribution in [0, 0.1) is 0 Å². The van der Waals surface area contributed by atoms with Crippen molar-refractivity contribution in [2.24, 2.45) is 0 Å². The van der Waals surface area contributed by atoms with Crippen molar-refractivity contribution in [2.45, 2.75) is 32.4 Å². The lowest BCUT2D eigenvalue weighted by atomic mass is 10.2. The van der Waals surface area contributed by atoms with Crippen molar-refractivity contribution in [3.63, 3.8) is 0 Å². The van der Waals surface area contributed by atoms with Crippen LogP contribution in [0.25, 0.3) is 16.9 Å². The molecule has 4 rings (SSSR count). The van der Waals surface area contributed by atoms with Crippen molar-refractivity contribution in [1.82, 2.24) is 24.8 Å². The van der Waals surface area contributed by atoms with Crippen LogP contribution in [0.1, 0.15) is 20.3 Å². The van der Waals surface area contributed by atoms with Crippen LogP contribution in [0.5, 0.6) is 5.75 Å². The highest BCUT2D eigenvalue weighted by molar-refractivity contribution is 5.78. The summed E-state index contributed by atoms with van der Waals surface area (Å²) in [6.45, 7) is 6.02. The van der Waals surface area contributed by atoms with Gasteiger partial charge in [0.25, 0.3) is 0 Å². The van der Waals surface area contributed by atoms with E-state index in [1.807, 2.05) is 36.6 Å². The molecule has 25 heavy (non-hydrogen) atoms. The lowest BCUT2D eigenvalue weighted by molar-refractivity contribution is 0.242. The number of hydrogen-bond acceptors (Lipinski definition) is 6. The monoisotopic (exact) mass is 338 g/mol. The third-order valence-electron chi connectivity index (χ3n) is 4.17. The van der Waals surface area contributed by atoms with Gasteiger partial charge in [0.1, 0.15) is 17.9 Å². The molecule has 0 amide bonds. The molecule has 7 nitrogen and oxygen atoms in total. The highest BCUT2D eigenvalue weighted by Gasteiger charge is 2.15. The summed E-state index contributed by atoms with van der Waals surface area (Å²) in [5, 5.41) is 6.77. The predicted octanol–water partition coefficient (Wildman–Crippen LogP) is 2.38. The van der Waals surface area contributed by atoms with Gasteiger partial charge in [0.15, 0.2) is 5.82 Å². The zero-order valence-electron chi connectivity index (χ0n) is 14.4. The summed E-state index contributed by atoms with van der Waals surface area (Å²) in [4.78, 5) is 13.5. The van der Waals surface area contributed by atoms with Crippen LogP contribution < -0.4 is 15.4 Å². The quantitative estimate of drug-likeness (QED) is 0.744. The molecule has 1 saturated heterocycles. The summed E-state index contributed by atoms with van der Waals surface area (Å²) in [7, 11) is 0. The van der Waals surface area contributed by atoms with E-state index in [2.05, 4.69) is 25.6 Å². The summed E-state index contributed by atoms with van der Waals surface area (Å²) in [6.07, 6.45) is 6.51. The molecule has 1 atom stereocenters. The van der Waals surface area contributed by atoms with Crippen molar-refractivity contribution in [3.05, 3.63) is 36.9 Å². The van der Waals surface area contributed by atoms with Crippen LogP contribution in [0.4, 0.5) is 5.82 Å². The van der Waals surface area contributed by atoms with Gasteiger partial charge in [-0.25, -0.2) is 9.97 Å². The molecule has 1 aliphatic heterocycles. The molecule has 1 fully saturated rings. The summed E-state index contributed by atoms with van der Waals surface area (Å²) in [5.74, 6) is 2.35. The molecular weight excluding hydrogens is 316 g/mol. The first kappa shape index (κ1) is 15.8. The summed E-state index contributed by atoms with van der Waals surface area (Å²) in [5.41, 5.74) is 1.85. The zero-order chi connectivity index (χ0) is 17.2. The second kappa shape index (κ2) is 6.68. The minimum Gasteiger partial charge on any atom is -0.491 e. The van der Waals surface area contributed by atoms with Crippen LogP contribution in [-0.4, -0.2) is 44.8 Å². The number of ether oxygens (including phenoxy) is 1. The Kier molecular flexibility index (Phi) is 4.23. The maximum atomic E-state index is 5.74. The smallest absolute Gasteiger partial charge is 0.159 e. The van der Waals surface area contributed by atoms with Crippen molar-refractivity contribution in [1.29, 1.82) is 0 Å². The number of anilines is 1. The molecule has 130 valence electrons. The lowest BCUT2D eigenvalue weighted by Crippen LogP contribution is -2.23. The van der Waals surface area contributed by atoms with Crippen LogP contribution in [0.3, 0.4) is 0 Å². The normalized spacial score (nSPS) is 17.3. The molecule has 7 heteroatoms. The van der Waals surface area contributed by atoms with E-state index in [9.17, 15) is 0 Å². The molecular formula is C18H22N6O. The van der Waals surface area contributed by atoms with Gasteiger partial charge in [-0.1, -0.05) is 0 Å². The maximum absolute atomic E-state index is 5.74. The Bertz CT molecular complexity index is 869. The van der Waals surface area contributed by atoms with Gasteiger partial charge < -0.3 is 15.4 Å². The molecule has 0 aliphatic carbocycles. The van der Waals surface area contributed by atoms with Crippen molar-refractivity contribution in [3.8, 4) is 11.6 Å². The molecule has 1 aliphatic rings. The second-order valence-electron chi connectivity index (χ2n) is 6.53. The number of rotatable bonds is 5. The first-order chi connectivity index (χ1) is 12.2. The molecule has 0 spiro atoms. The second-order valence-corrected chi connectivity index (χ2v) is 6.53. The van der Waals surface area contributed by atoms with E-state index < -0.39 is 0 Å². The molecule has 0 bridgehead atoms. The van der Waals surface area contributed by atoms with Crippen LogP contribution in [0.2, 0.25) is 0 Å². The molecule has 0 unspecified atom stereocenters. The number of benzene rings is 1. The van der Waals surface area contributed by atoms with Crippen molar-refractivity contribution in [2.75, 3.05) is 18.4 Å². The Morgan fingerprint density at radius 1 is 1.32 bits per heavy atom. The van der Waals surface area contributed by atoms with E-state index in [1.54, 1.807) is 18.7 Å². The third kappa shape index (κ3) is 3.41. The predicted molar refractivity (Wildman–Crippen MR) is 97.3 cm³/mol. The SMILES string of the molecule is CC(C)Oc1ccc2c(c1)ncn2-c1cncc(N[C@@H]2CCNC2)n1. The highest BCUT2D eigenvalue weighted by Crippen LogP contribution is 2.23. The topological polar surface area (TPSA) is 76.9 Å². The van der Waals surface area contributed by atoms with Crippen molar-refractivity contribution < 1.29 is 4.74 Å². The zero-order valence-corrected chi connectivity index (χ0v) is 14.4. The summed E-state index contributed by atoms with van der Waals surface area (Å²) < 4.78 is 7.68. The fourth-order valence-corrected chi connectivity index (χ4v) is 3.05. The van der Waals surface area contributed by atoms with Gasteiger partial charge in [-0.3, -0.25) is 9.55 Å². The van der Waals surface area contributed by atoms with E-state index in [4.69, 9.17) is 4.74 Å². The fraction of sp³-hybridized carbons (Fsp3) is 0.389. The number of nitrogens with zero attached hydrogens (tertiary/aromatic N) is 4. The Balaban J connectivity index is 1.62. The average Bonchev–Trinajstić information content (AvgIpc) is 3.23. The molecule has 2 aromatic heterocycles. The first-order valence-electron chi connectivity index (χ1n) is 8.62. The van der Waals surface area contributed by atoms with Gasteiger partial charge in [-0.15, -0.1) is 0 Å². The Morgan fingerprint density at radius 2 is 2.24 bits per heavy atom. The molecule has 2 N–H and O–H groups in total. The summed E-state index contributed by atoms with van der Waals surface area (Å²) in [6, 6.07) is 6.31. The number of fused-ring (bicyclic) bond motifs is 1. The van der Waals surface area contributed by atoms with E-state index in [0.29, 0.717) is 6.04 Å². The van der Waals surface area contributed by atoms with Gasteiger partial charge in [-0.2, -0.15) is 0 Å². The molecule has 0 radical (unpaired) electrons.